The van der Waals surface area contributed by atoms with E-state index in [0.717, 1.165) is 23.9 Å². The third-order valence-electron chi connectivity index (χ3n) is 2.94. The lowest BCUT2D eigenvalue weighted by molar-refractivity contribution is -0.117. The average molecular weight is 258 g/mol. The van der Waals surface area contributed by atoms with Gasteiger partial charge in [-0.15, -0.1) is 0 Å². The summed E-state index contributed by atoms with van der Waals surface area (Å²) >= 11 is 0. The van der Waals surface area contributed by atoms with Crippen LogP contribution in [0.2, 0.25) is 0 Å². The minimum atomic E-state index is -0.461. The number of nitrogens with two attached hydrogens (primary N) is 1. The Morgan fingerprint density at radius 1 is 1.32 bits per heavy atom. The summed E-state index contributed by atoms with van der Waals surface area (Å²) in [4.78, 5) is 20.3. The molecular weight excluding hydrogens is 240 g/mol. The first kappa shape index (κ1) is 13.4. The lowest BCUT2D eigenvalue weighted by Crippen LogP contribution is -2.35. The largest absolute Gasteiger partial charge is 0.325 e. The average Bonchev–Trinajstić information content (AvgIpc) is 2.44. The molecule has 5 heteroatoms. The Kier molecular flexibility index (Phi) is 4.41. The molecule has 2 rings (SSSR count). The first-order chi connectivity index (χ1) is 9.20. The monoisotopic (exact) mass is 258 g/mol. The zero-order valence-electron chi connectivity index (χ0n) is 11.0. The summed E-state index contributed by atoms with van der Waals surface area (Å²) in [6.45, 7) is 2.08. The molecule has 0 bridgehead atoms. The van der Waals surface area contributed by atoms with Gasteiger partial charge in [0.2, 0.25) is 5.91 Å². The molecule has 1 amide bonds. The number of rotatable bonds is 5. The van der Waals surface area contributed by atoms with Gasteiger partial charge in [-0.2, -0.15) is 0 Å². The minimum absolute atomic E-state index is 0.156. The van der Waals surface area contributed by atoms with Crippen LogP contribution in [0.4, 0.5) is 5.69 Å². The van der Waals surface area contributed by atoms with E-state index in [4.69, 9.17) is 5.73 Å². The number of hydrogen-bond donors (Lipinski definition) is 2. The zero-order chi connectivity index (χ0) is 13.7. The Morgan fingerprint density at radius 2 is 2.05 bits per heavy atom. The third kappa shape index (κ3) is 3.48. The Morgan fingerprint density at radius 3 is 2.79 bits per heavy atom. The molecule has 5 nitrogen and oxygen atoms in total. The van der Waals surface area contributed by atoms with Gasteiger partial charge in [-0.05, 0) is 24.6 Å². The Balaban J connectivity index is 2.06. The van der Waals surface area contributed by atoms with Crippen molar-refractivity contribution < 1.29 is 4.79 Å². The van der Waals surface area contributed by atoms with Gasteiger partial charge < -0.3 is 11.1 Å². The Bertz CT molecular complexity index is 570. The first-order valence-corrected chi connectivity index (χ1v) is 6.48. The standard InChI is InChI=1S/C14H18N4O/c1-2-3-4-11(15)14(19)18-10-5-6-12-13(9-10)17-8-7-16-12/h5-9,11H,2-4,15H2,1H3,(H,18,19). The predicted molar refractivity (Wildman–Crippen MR) is 75.7 cm³/mol. The SMILES string of the molecule is CCCCC(N)C(=O)Nc1ccc2nccnc2c1. The molecule has 0 spiro atoms. The smallest absolute Gasteiger partial charge is 0.241 e. The molecule has 0 aliphatic carbocycles. The second-order valence-electron chi connectivity index (χ2n) is 4.50. The van der Waals surface area contributed by atoms with Crippen LogP contribution < -0.4 is 11.1 Å². The van der Waals surface area contributed by atoms with Crippen LogP contribution in [0.3, 0.4) is 0 Å². The summed E-state index contributed by atoms with van der Waals surface area (Å²) in [5.74, 6) is -0.156. The molecule has 19 heavy (non-hydrogen) atoms. The van der Waals surface area contributed by atoms with Crippen molar-refractivity contribution in [1.29, 1.82) is 0 Å². The fraction of sp³-hybridized carbons (Fsp3) is 0.357. The quantitative estimate of drug-likeness (QED) is 0.860. The van der Waals surface area contributed by atoms with E-state index in [1.165, 1.54) is 0 Å². The van der Waals surface area contributed by atoms with Gasteiger partial charge in [-0.1, -0.05) is 19.8 Å². The molecule has 1 unspecified atom stereocenters. The maximum absolute atomic E-state index is 11.9. The summed E-state index contributed by atoms with van der Waals surface area (Å²) < 4.78 is 0. The van der Waals surface area contributed by atoms with Gasteiger partial charge in [0.1, 0.15) is 0 Å². The van der Waals surface area contributed by atoms with Gasteiger partial charge in [0, 0.05) is 18.1 Å². The van der Waals surface area contributed by atoms with Crippen LogP contribution in [0, 0.1) is 0 Å². The second kappa shape index (κ2) is 6.24. The van der Waals surface area contributed by atoms with E-state index < -0.39 is 6.04 Å². The number of anilines is 1. The van der Waals surface area contributed by atoms with Gasteiger partial charge in [0.15, 0.2) is 0 Å². The summed E-state index contributed by atoms with van der Waals surface area (Å²) in [5, 5.41) is 2.81. The molecule has 0 aliphatic heterocycles. The van der Waals surface area contributed by atoms with Crippen LogP contribution in [-0.2, 0) is 4.79 Å². The number of hydrogen-bond acceptors (Lipinski definition) is 4. The van der Waals surface area contributed by atoms with Crippen LogP contribution in [0.25, 0.3) is 11.0 Å². The van der Waals surface area contributed by atoms with Crippen molar-refractivity contribution in [3.05, 3.63) is 30.6 Å². The number of carbonyl (C=O) groups is 1. The van der Waals surface area contributed by atoms with Gasteiger partial charge in [-0.25, -0.2) is 0 Å². The molecule has 3 N–H and O–H groups in total. The zero-order valence-corrected chi connectivity index (χ0v) is 11.0. The highest BCUT2D eigenvalue weighted by atomic mass is 16.2. The maximum Gasteiger partial charge on any atom is 0.241 e. The number of unbranched alkanes of at least 4 members (excludes halogenated alkanes) is 1. The number of amides is 1. The molecule has 1 aromatic carbocycles. The normalized spacial score (nSPS) is 12.3. The van der Waals surface area contributed by atoms with E-state index in [-0.39, 0.29) is 5.91 Å². The molecule has 2 aromatic rings. The third-order valence-corrected chi connectivity index (χ3v) is 2.94. The summed E-state index contributed by atoms with van der Waals surface area (Å²) in [5.41, 5.74) is 8.08. The Hall–Kier alpha value is -2.01. The summed E-state index contributed by atoms with van der Waals surface area (Å²) in [6, 6.07) is 4.97. The lowest BCUT2D eigenvalue weighted by atomic mass is 10.1. The molecule has 0 radical (unpaired) electrons. The molecule has 100 valence electrons. The van der Waals surface area contributed by atoms with Crippen LogP contribution in [0.1, 0.15) is 26.2 Å². The number of aromatic nitrogens is 2. The first-order valence-electron chi connectivity index (χ1n) is 6.48. The van der Waals surface area contributed by atoms with Crippen molar-refractivity contribution in [2.75, 3.05) is 5.32 Å². The van der Waals surface area contributed by atoms with Gasteiger partial charge >= 0.3 is 0 Å². The van der Waals surface area contributed by atoms with Crippen LogP contribution >= 0.6 is 0 Å². The fourth-order valence-corrected chi connectivity index (χ4v) is 1.83. The second-order valence-corrected chi connectivity index (χ2v) is 4.50. The highest BCUT2D eigenvalue weighted by molar-refractivity contribution is 5.96. The number of nitrogens with one attached hydrogen (secondary N) is 1. The summed E-state index contributed by atoms with van der Waals surface area (Å²) in [7, 11) is 0. The van der Waals surface area contributed by atoms with E-state index >= 15 is 0 Å². The minimum Gasteiger partial charge on any atom is -0.325 e. The summed E-state index contributed by atoms with van der Waals surface area (Å²) in [6.07, 6.45) is 5.96. The molecule has 0 saturated carbocycles. The van der Waals surface area contributed by atoms with Gasteiger partial charge in [0.05, 0.1) is 17.1 Å². The van der Waals surface area contributed by atoms with Crippen LogP contribution in [-0.4, -0.2) is 21.9 Å². The highest BCUT2D eigenvalue weighted by Gasteiger charge is 2.12. The van der Waals surface area contributed by atoms with Crippen molar-refractivity contribution in [2.45, 2.75) is 32.2 Å². The van der Waals surface area contributed by atoms with E-state index in [1.807, 2.05) is 6.07 Å². The van der Waals surface area contributed by atoms with Crippen molar-refractivity contribution in [1.82, 2.24) is 9.97 Å². The van der Waals surface area contributed by atoms with E-state index in [0.29, 0.717) is 12.1 Å². The van der Waals surface area contributed by atoms with Crippen molar-refractivity contribution in [3.8, 4) is 0 Å². The van der Waals surface area contributed by atoms with Gasteiger partial charge in [0.25, 0.3) is 0 Å². The number of nitrogens with zero attached hydrogens (tertiary/aromatic N) is 2. The molecule has 0 fully saturated rings. The van der Waals surface area contributed by atoms with E-state index in [1.54, 1.807) is 24.5 Å². The predicted octanol–water partition coefficient (Wildman–Crippen LogP) is 2.09. The number of fused-ring (bicyclic) bond motifs is 1. The molecule has 0 aliphatic rings. The molecule has 1 heterocycles. The van der Waals surface area contributed by atoms with Crippen molar-refractivity contribution in [3.63, 3.8) is 0 Å². The lowest BCUT2D eigenvalue weighted by Gasteiger charge is -2.11. The van der Waals surface area contributed by atoms with Gasteiger partial charge in [-0.3, -0.25) is 14.8 Å². The molecular formula is C14H18N4O. The maximum atomic E-state index is 11.9. The van der Waals surface area contributed by atoms with Crippen molar-refractivity contribution in [2.24, 2.45) is 5.73 Å². The topological polar surface area (TPSA) is 80.9 Å². The molecule has 1 aromatic heterocycles. The molecule has 1 atom stereocenters. The fourth-order valence-electron chi connectivity index (χ4n) is 1.83. The van der Waals surface area contributed by atoms with Crippen molar-refractivity contribution >= 4 is 22.6 Å². The Labute approximate surface area is 112 Å². The van der Waals surface area contributed by atoms with Crippen LogP contribution in [0.15, 0.2) is 30.6 Å². The highest BCUT2D eigenvalue weighted by Crippen LogP contribution is 2.15. The number of carbonyl (C=O) groups excluding carboxylic acids is 1. The van der Waals surface area contributed by atoms with Crippen LogP contribution in [0.5, 0.6) is 0 Å². The molecule has 0 saturated heterocycles. The van der Waals surface area contributed by atoms with E-state index in [9.17, 15) is 4.79 Å². The number of benzene rings is 1. The van der Waals surface area contributed by atoms with E-state index in [2.05, 4.69) is 22.2 Å².